The second-order valence-electron chi connectivity index (χ2n) is 4.52. The molecule has 104 valence electrons. The third-order valence-corrected chi connectivity index (χ3v) is 3.98. The number of hydrogen-bond donors (Lipinski definition) is 1. The molecule has 0 saturated carbocycles. The molecule has 1 N–H and O–H groups in total. The molecule has 5 heteroatoms. The van der Waals surface area contributed by atoms with Crippen molar-refractivity contribution in [3.63, 3.8) is 0 Å². The van der Waals surface area contributed by atoms with Crippen LogP contribution in [0.25, 0.3) is 0 Å². The Morgan fingerprint density at radius 1 is 1.44 bits per heavy atom. The maximum atomic E-state index is 11.4. The quantitative estimate of drug-likeness (QED) is 0.650. The molecule has 4 nitrogen and oxygen atoms in total. The van der Waals surface area contributed by atoms with Crippen molar-refractivity contribution >= 4 is 17.7 Å². The van der Waals surface area contributed by atoms with Gasteiger partial charge in [-0.1, -0.05) is 13.8 Å². The van der Waals surface area contributed by atoms with Crippen LogP contribution in [0, 0.1) is 11.3 Å². The molecule has 0 aromatic rings. The molecule has 0 spiro atoms. The van der Waals surface area contributed by atoms with Crippen LogP contribution in [-0.4, -0.2) is 48.5 Å². The fourth-order valence-corrected chi connectivity index (χ4v) is 2.59. The van der Waals surface area contributed by atoms with E-state index in [0.717, 1.165) is 31.6 Å². The normalized spacial score (nSPS) is 13.7. The highest BCUT2D eigenvalue weighted by Crippen LogP contribution is 2.18. The third kappa shape index (κ3) is 6.27. The van der Waals surface area contributed by atoms with Crippen LogP contribution in [0.5, 0.6) is 0 Å². The molecule has 0 rings (SSSR count). The van der Waals surface area contributed by atoms with Crippen LogP contribution in [0.2, 0.25) is 0 Å². The van der Waals surface area contributed by atoms with E-state index in [2.05, 4.69) is 11.4 Å². The molecule has 0 aliphatic heterocycles. The number of carbonyl (C=O) groups excluding carboxylic acids is 1. The second-order valence-corrected chi connectivity index (χ2v) is 5.63. The Morgan fingerprint density at radius 2 is 2.11 bits per heavy atom. The van der Waals surface area contributed by atoms with Gasteiger partial charge >= 0.3 is 0 Å². The number of nitrogens with zero attached hydrogens (tertiary/aromatic N) is 2. The van der Waals surface area contributed by atoms with Crippen molar-refractivity contribution in [1.82, 2.24) is 10.2 Å². The zero-order chi connectivity index (χ0) is 14.0. The number of thioether (sulfide) groups is 1. The first-order chi connectivity index (χ1) is 8.51. The highest BCUT2D eigenvalue weighted by molar-refractivity contribution is 7.99. The number of hydrogen-bond acceptors (Lipinski definition) is 4. The van der Waals surface area contributed by atoms with Gasteiger partial charge in [-0.2, -0.15) is 17.0 Å². The van der Waals surface area contributed by atoms with Crippen molar-refractivity contribution in [1.29, 1.82) is 5.26 Å². The summed E-state index contributed by atoms with van der Waals surface area (Å²) in [4.78, 5) is 13.0. The largest absolute Gasteiger partial charge is 0.348 e. The molecule has 0 fully saturated rings. The Morgan fingerprint density at radius 3 is 2.56 bits per heavy atom. The lowest BCUT2D eigenvalue weighted by Crippen LogP contribution is -2.43. The number of nitriles is 1. The number of rotatable bonds is 9. The molecule has 0 saturated heterocycles. The summed E-state index contributed by atoms with van der Waals surface area (Å²) in [6, 6.07) is 2.39. The van der Waals surface area contributed by atoms with Crippen molar-refractivity contribution in [2.75, 3.05) is 32.1 Å². The minimum atomic E-state index is -0.388. The lowest BCUT2D eigenvalue weighted by molar-refractivity contribution is -0.125. The van der Waals surface area contributed by atoms with Gasteiger partial charge in [0.1, 0.15) is 5.54 Å². The van der Waals surface area contributed by atoms with Crippen LogP contribution in [-0.2, 0) is 4.79 Å². The van der Waals surface area contributed by atoms with E-state index >= 15 is 0 Å². The molecule has 0 radical (unpaired) electrons. The molecule has 0 aromatic heterocycles. The summed E-state index contributed by atoms with van der Waals surface area (Å²) in [6.07, 6.45) is 2.62. The average molecular weight is 271 g/mol. The van der Waals surface area contributed by atoms with Crippen molar-refractivity contribution in [2.45, 2.75) is 38.6 Å². The van der Waals surface area contributed by atoms with Crippen LogP contribution < -0.4 is 5.32 Å². The summed E-state index contributed by atoms with van der Waals surface area (Å²) in [5.74, 6) is 1.60. The van der Waals surface area contributed by atoms with Gasteiger partial charge in [-0.25, -0.2) is 0 Å². The summed E-state index contributed by atoms with van der Waals surface area (Å²) in [7, 11) is 3.54. The van der Waals surface area contributed by atoms with E-state index in [1.54, 1.807) is 30.8 Å². The molecule has 18 heavy (non-hydrogen) atoms. The molecular formula is C13H25N3OS. The van der Waals surface area contributed by atoms with Gasteiger partial charge in [0.05, 0.1) is 11.8 Å². The van der Waals surface area contributed by atoms with Crippen LogP contribution in [0.15, 0.2) is 0 Å². The van der Waals surface area contributed by atoms with Gasteiger partial charge in [-0.05, 0) is 31.6 Å². The maximum Gasteiger partial charge on any atom is 0.232 e. The van der Waals surface area contributed by atoms with E-state index in [1.165, 1.54) is 0 Å². The van der Waals surface area contributed by atoms with E-state index in [9.17, 15) is 10.1 Å². The topological polar surface area (TPSA) is 56.1 Å². The van der Waals surface area contributed by atoms with E-state index in [1.807, 2.05) is 13.8 Å². The highest BCUT2D eigenvalue weighted by Gasteiger charge is 2.25. The van der Waals surface area contributed by atoms with Gasteiger partial charge in [0.25, 0.3) is 0 Å². The molecule has 1 amide bonds. The molecule has 0 bridgehead atoms. The molecule has 0 aliphatic carbocycles. The lowest BCUT2D eigenvalue weighted by Gasteiger charge is -2.25. The first-order valence-electron chi connectivity index (χ1n) is 6.45. The lowest BCUT2D eigenvalue weighted by atomic mass is 9.92. The Labute approximate surface area is 115 Å². The van der Waals surface area contributed by atoms with Crippen LogP contribution in [0.1, 0.15) is 33.1 Å². The van der Waals surface area contributed by atoms with Gasteiger partial charge in [0, 0.05) is 14.1 Å². The molecule has 0 aromatic carbocycles. The van der Waals surface area contributed by atoms with Crippen molar-refractivity contribution in [3.05, 3.63) is 0 Å². The Bertz CT molecular complexity index is 288. The maximum absolute atomic E-state index is 11.4. The summed E-state index contributed by atoms with van der Waals surface area (Å²) >= 11 is 1.64. The number of carbonyl (C=O) groups is 1. The van der Waals surface area contributed by atoms with Crippen molar-refractivity contribution in [2.24, 2.45) is 0 Å². The summed E-state index contributed by atoms with van der Waals surface area (Å²) in [6.45, 7) is 4.87. The second kappa shape index (κ2) is 9.23. The fraction of sp³-hybridized carbons (Fsp3) is 0.846. The Hall–Kier alpha value is -0.730. The van der Waals surface area contributed by atoms with Gasteiger partial charge in [0.2, 0.25) is 5.91 Å². The fourth-order valence-electron chi connectivity index (χ4n) is 1.67. The first kappa shape index (κ1) is 17.3. The standard InChI is InChI=1S/C13H25N3OS/c1-5-13(11-14,15-6-2)8-7-9-18-10-12(17)16(3)4/h15H,5-10H2,1-4H3. The van der Waals surface area contributed by atoms with Crippen molar-refractivity contribution in [3.8, 4) is 6.07 Å². The first-order valence-corrected chi connectivity index (χ1v) is 7.61. The number of nitrogens with one attached hydrogen (secondary N) is 1. The molecule has 1 unspecified atom stereocenters. The van der Waals surface area contributed by atoms with Gasteiger partial charge in [-0.3, -0.25) is 10.1 Å². The third-order valence-electron chi connectivity index (χ3n) is 2.95. The average Bonchev–Trinajstić information content (AvgIpc) is 2.36. The summed E-state index contributed by atoms with van der Waals surface area (Å²) < 4.78 is 0. The van der Waals surface area contributed by atoms with E-state index in [4.69, 9.17) is 0 Å². The predicted octanol–water partition coefficient (Wildman–Crippen LogP) is 1.87. The van der Waals surface area contributed by atoms with Crippen LogP contribution >= 0.6 is 11.8 Å². The smallest absolute Gasteiger partial charge is 0.232 e. The zero-order valence-electron chi connectivity index (χ0n) is 12.0. The minimum absolute atomic E-state index is 0.147. The summed E-state index contributed by atoms with van der Waals surface area (Å²) in [5, 5.41) is 12.5. The monoisotopic (exact) mass is 271 g/mol. The van der Waals surface area contributed by atoms with Gasteiger partial charge in [-0.15, -0.1) is 0 Å². The number of amides is 1. The van der Waals surface area contributed by atoms with E-state index < -0.39 is 0 Å². The van der Waals surface area contributed by atoms with E-state index in [0.29, 0.717) is 5.75 Å². The van der Waals surface area contributed by atoms with Crippen molar-refractivity contribution < 1.29 is 4.79 Å². The van der Waals surface area contributed by atoms with E-state index in [-0.39, 0.29) is 11.4 Å². The Kier molecular flexibility index (Phi) is 8.86. The highest BCUT2D eigenvalue weighted by atomic mass is 32.2. The predicted molar refractivity (Wildman–Crippen MR) is 77.6 cm³/mol. The molecule has 0 heterocycles. The van der Waals surface area contributed by atoms with Gasteiger partial charge < -0.3 is 4.90 Å². The summed E-state index contributed by atoms with van der Waals surface area (Å²) in [5.41, 5.74) is -0.388. The molecule has 1 atom stereocenters. The zero-order valence-corrected chi connectivity index (χ0v) is 12.8. The Balaban J connectivity index is 3.88. The molecule has 0 aliphatic rings. The minimum Gasteiger partial charge on any atom is -0.348 e. The van der Waals surface area contributed by atoms with Crippen LogP contribution in [0.3, 0.4) is 0 Å². The van der Waals surface area contributed by atoms with Crippen LogP contribution in [0.4, 0.5) is 0 Å². The molecular weight excluding hydrogens is 246 g/mol. The van der Waals surface area contributed by atoms with Gasteiger partial charge in [0.15, 0.2) is 0 Å². The SMILES string of the molecule is CCNC(C#N)(CC)CCCSCC(=O)N(C)C.